The summed E-state index contributed by atoms with van der Waals surface area (Å²) in [4.78, 5) is 0. The number of unbranched alkanes of at least 4 members (excludes halogenated alkanes) is 8. The number of alkyl halides is 3. The van der Waals surface area contributed by atoms with Gasteiger partial charge in [-0.3, -0.25) is 0 Å². The summed E-state index contributed by atoms with van der Waals surface area (Å²) in [6.07, 6.45) is 5.71. The van der Waals surface area contributed by atoms with Crippen molar-refractivity contribution in [1.29, 1.82) is 0 Å². The maximum absolute atomic E-state index is 12.7. The van der Waals surface area contributed by atoms with Crippen molar-refractivity contribution in [3.8, 4) is 0 Å². The second-order valence-electron chi connectivity index (χ2n) is 4.88. The molecule has 0 nitrogen and oxygen atoms in total. The molecule has 0 aliphatic heterocycles. The monoisotopic (exact) mass is 414 g/mol. The minimum atomic E-state index is -4.51. The molecule has 0 fully saturated rings. The van der Waals surface area contributed by atoms with Crippen LogP contribution in [0.15, 0.2) is 10.5 Å². The van der Waals surface area contributed by atoms with Gasteiger partial charge < -0.3 is 0 Å². The third-order valence-corrected chi connectivity index (χ3v) is 8.50. The van der Waals surface area contributed by atoms with E-state index in [1.165, 1.54) is 25.7 Å². The van der Waals surface area contributed by atoms with Crippen LogP contribution in [0.3, 0.4) is 0 Å². The Hall–Kier alpha value is 0.943. The zero-order chi connectivity index (χ0) is 15.6. The number of hydrogen-bond acceptors (Lipinski definition) is 0. The maximum atomic E-state index is 12.7. The van der Waals surface area contributed by atoms with Gasteiger partial charge >= 0.3 is 135 Å². The van der Waals surface area contributed by atoms with Crippen molar-refractivity contribution in [3.63, 3.8) is 0 Å². The molecule has 0 heterocycles. The molecule has 0 aliphatic carbocycles. The van der Waals surface area contributed by atoms with E-state index in [2.05, 4.69) is 6.92 Å². The average molecular weight is 414 g/mol. The number of halogens is 6. The Morgan fingerprint density at radius 2 is 1.35 bits per heavy atom. The Labute approximate surface area is 135 Å². The van der Waals surface area contributed by atoms with Gasteiger partial charge in [0.2, 0.25) is 0 Å². The van der Waals surface area contributed by atoms with E-state index in [0.717, 1.165) is 31.8 Å². The van der Waals surface area contributed by atoms with Gasteiger partial charge in [-0.15, -0.1) is 0 Å². The fraction of sp³-hybridized carbons (Fsp3) is 0.846. The molecule has 120 valence electrons. The van der Waals surface area contributed by atoms with Crippen molar-refractivity contribution in [3.05, 3.63) is 10.5 Å². The molecule has 0 unspecified atom stereocenters. The average Bonchev–Trinajstić information content (AvgIpc) is 2.28. The summed E-state index contributed by atoms with van der Waals surface area (Å²) >= 11 is 0. The topological polar surface area (TPSA) is 0 Å². The first kappa shape index (κ1) is 20.9. The van der Waals surface area contributed by atoms with E-state index < -0.39 is 21.1 Å². The van der Waals surface area contributed by atoms with E-state index in [4.69, 9.17) is 30.0 Å². The van der Waals surface area contributed by atoms with Crippen LogP contribution in [-0.2, 0) is 0 Å². The first-order valence-corrected chi connectivity index (χ1v) is 16.4. The molecule has 0 aromatic heterocycles. The Morgan fingerprint density at radius 1 is 0.900 bits per heavy atom. The fourth-order valence-corrected chi connectivity index (χ4v) is 6.25. The number of hydrogen-bond donors (Lipinski definition) is 0. The molecule has 0 aliphatic rings. The Bertz CT molecular complexity index is 270. The molecule has 0 radical (unpaired) electrons. The van der Waals surface area contributed by atoms with Crippen molar-refractivity contribution in [2.75, 3.05) is 0 Å². The molecule has 0 amide bonds. The second kappa shape index (κ2) is 10.6. The van der Waals surface area contributed by atoms with Crippen molar-refractivity contribution < 1.29 is 13.2 Å². The van der Waals surface area contributed by atoms with Gasteiger partial charge in [-0.2, -0.15) is 0 Å². The van der Waals surface area contributed by atoms with Crippen LogP contribution in [0.2, 0.25) is 0 Å². The molecular formula is C13H22Cl3F3Ge. The molecule has 0 rings (SSSR count). The molecule has 0 spiro atoms. The van der Waals surface area contributed by atoms with Crippen LogP contribution in [0.4, 0.5) is 13.2 Å². The first-order valence-electron chi connectivity index (χ1n) is 7.04. The van der Waals surface area contributed by atoms with E-state index in [0.29, 0.717) is 6.42 Å². The van der Waals surface area contributed by atoms with E-state index >= 15 is 0 Å². The summed E-state index contributed by atoms with van der Waals surface area (Å²) in [6.45, 7) is 2.17. The van der Waals surface area contributed by atoms with Crippen molar-refractivity contribution >= 4 is 40.5 Å². The molecule has 0 aromatic rings. The molecule has 0 saturated heterocycles. The van der Waals surface area contributed by atoms with E-state index in [9.17, 15) is 13.2 Å². The van der Waals surface area contributed by atoms with Gasteiger partial charge in [0.15, 0.2) is 0 Å². The predicted molar refractivity (Wildman–Crippen MR) is 84.7 cm³/mol. The summed E-state index contributed by atoms with van der Waals surface area (Å²) in [5.41, 5.74) is 0. The van der Waals surface area contributed by atoms with Gasteiger partial charge in [0.25, 0.3) is 0 Å². The quantitative estimate of drug-likeness (QED) is 0.262. The normalized spacial score (nSPS) is 13.8. The Morgan fingerprint density at radius 3 is 1.75 bits per heavy atom. The van der Waals surface area contributed by atoms with Gasteiger partial charge in [-0.1, -0.05) is 0 Å². The van der Waals surface area contributed by atoms with Crippen LogP contribution in [0, 0.1) is 0 Å². The van der Waals surface area contributed by atoms with E-state index in [1.54, 1.807) is 0 Å². The Balaban J connectivity index is 3.91. The van der Waals surface area contributed by atoms with E-state index in [-0.39, 0.29) is 0 Å². The van der Waals surface area contributed by atoms with Crippen LogP contribution in [0.25, 0.3) is 0 Å². The van der Waals surface area contributed by atoms with Crippen molar-refractivity contribution in [2.45, 2.75) is 70.9 Å². The molecule has 0 bridgehead atoms. The summed E-state index contributed by atoms with van der Waals surface area (Å²) in [5, 5.41) is 0. The predicted octanol–water partition coefficient (Wildman–Crippen LogP) is 7.20. The molecule has 0 aromatic carbocycles. The molecular weight excluding hydrogens is 392 g/mol. The first-order chi connectivity index (χ1) is 9.19. The Kier molecular flexibility index (Phi) is 11.1. The molecule has 7 heteroatoms. The van der Waals surface area contributed by atoms with Crippen LogP contribution in [-0.4, -0.2) is 16.7 Å². The van der Waals surface area contributed by atoms with Crippen molar-refractivity contribution in [2.24, 2.45) is 0 Å². The van der Waals surface area contributed by atoms with Gasteiger partial charge in [0, 0.05) is 0 Å². The molecule has 0 N–H and O–H groups in total. The zero-order valence-corrected chi connectivity index (χ0v) is 16.1. The van der Waals surface area contributed by atoms with Gasteiger partial charge in [0.1, 0.15) is 0 Å². The SMILES string of the molecule is CCCCCCCCCC/C=[C](\C(F)(F)F)[Ge]([Cl])([Cl])[Cl]. The van der Waals surface area contributed by atoms with Crippen molar-refractivity contribution in [1.82, 2.24) is 0 Å². The molecule has 0 atom stereocenters. The third-order valence-electron chi connectivity index (χ3n) is 3.02. The van der Waals surface area contributed by atoms with Gasteiger partial charge in [-0.05, 0) is 0 Å². The van der Waals surface area contributed by atoms with Crippen LogP contribution in [0.5, 0.6) is 0 Å². The number of allylic oxidation sites excluding steroid dienone is 2. The van der Waals surface area contributed by atoms with Gasteiger partial charge in [0.05, 0.1) is 0 Å². The fourth-order valence-electron chi connectivity index (χ4n) is 1.92. The standard InChI is InChI=1S/C13H22Cl3F3Ge/c1-2-3-4-5-6-7-8-9-10-11-12(13(17,18)19)20(14,15)16/h11H,2-10H2,1H3/b12-11+. The third kappa shape index (κ3) is 10.6. The minimum absolute atomic E-state index is 0.336. The van der Waals surface area contributed by atoms with Crippen LogP contribution in [0.1, 0.15) is 64.7 Å². The summed E-state index contributed by atoms with van der Waals surface area (Å²) in [6, 6.07) is 0. The summed E-state index contributed by atoms with van der Waals surface area (Å²) < 4.78 is 37.2. The number of rotatable bonds is 10. The van der Waals surface area contributed by atoms with E-state index in [1.807, 2.05) is 0 Å². The summed E-state index contributed by atoms with van der Waals surface area (Å²) in [7, 11) is 12.2. The van der Waals surface area contributed by atoms with Crippen LogP contribution < -0.4 is 0 Å². The molecule has 0 saturated carbocycles. The molecule has 20 heavy (non-hydrogen) atoms. The second-order valence-corrected chi connectivity index (χ2v) is 19.9. The summed E-state index contributed by atoms with van der Waals surface area (Å²) in [5.74, 6) is 0. The van der Waals surface area contributed by atoms with Gasteiger partial charge in [-0.25, -0.2) is 0 Å². The van der Waals surface area contributed by atoms with Crippen LogP contribution >= 0.6 is 30.0 Å². The zero-order valence-electron chi connectivity index (χ0n) is 11.7.